The Kier molecular flexibility index (Phi) is 6.65. The van der Waals surface area contributed by atoms with Gasteiger partial charge in [-0.3, -0.25) is 0 Å². The van der Waals surface area contributed by atoms with Crippen molar-refractivity contribution in [1.29, 1.82) is 0 Å². The van der Waals surface area contributed by atoms with Gasteiger partial charge in [0.05, 0.1) is 15.7 Å². The van der Waals surface area contributed by atoms with E-state index >= 15 is 0 Å². The fraction of sp³-hybridized carbons (Fsp3) is 1.00. The molecule has 0 rings (SSSR count). The molecule has 0 fully saturated rings. The fourth-order valence-corrected chi connectivity index (χ4v) is 2.09. The van der Waals surface area contributed by atoms with Gasteiger partial charge >= 0.3 is 0 Å². The van der Waals surface area contributed by atoms with E-state index in [0.717, 1.165) is 0 Å². The Bertz CT molecular complexity index is 108. The van der Waals surface area contributed by atoms with Crippen LogP contribution in [0.1, 0.15) is 0 Å². The molecule has 0 aliphatic rings. The number of aliphatic hydroxyl groups is 1. The minimum absolute atomic E-state index is 0.162. The van der Waals surface area contributed by atoms with Crippen LogP contribution >= 0.6 is 21.6 Å². The Hall–Kier alpha value is 0.710. The van der Waals surface area contributed by atoms with Gasteiger partial charge in [-0.15, -0.1) is 0 Å². The summed E-state index contributed by atoms with van der Waals surface area (Å²) in [5, 5.41) is 8.07. The molecule has 0 heterocycles. The average Bonchev–Trinajstić information content (AvgIpc) is 1.99. The van der Waals surface area contributed by atoms with Crippen LogP contribution in [-0.2, 0) is 0 Å². The van der Waals surface area contributed by atoms with Gasteiger partial charge in [0.25, 0.3) is 0 Å². The van der Waals surface area contributed by atoms with Gasteiger partial charge in [0.2, 0.25) is 0 Å². The van der Waals surface area contributed by atoms with Crippen LogP contribution in [0, 0.1) is 0 Å². The zero-order valence-electron chi connectivity index (χ0n) is 6.01. The molecule has 3 atom stereocenters. The van der Waals surface area contributed by atoms with Gasteiger partial charge in [-0.25, -0.2) is 0 Å². The normalized spacial score (nSPS) is 19.2. The van der Waals surface area contributed by atoms with Crippen LogP contribution in [0.25, 0.3) is 0 Å². The molecule has 11 heavy (non-hydrogen) atoms. The van der Waals surface area contributed by atoms with Gasteiger partial charge < -0.3 is 16.6 Å². The highest BCUT2D eigenvalue weighted by atomic mass is 33.1. The maximum atomic E-state index is 8.75. The van der Waals surface area contributed by atoms with Crippen molar-refractivity contribution < 1.29 is 5.11 Å². The molecule has 3 nitrogen and oxygen atoms in total. The van der Waals surface area contributed by atoms with E-state index in [4.69, 9.17) is 32.3 Å². The van der Waals surface area contributed by atoms with E-state index in [-0.39, 0.29) is 5.15 Å². The van der Waals surface area contributed by atoms with E-state index in [1.54, 1.807) is 0 Å². The highest BCUT2D eigenvalue weighted by Crippen LogP contribution is 2.28. The van der Waals surface area contributed by atoms with Crippen LogP contribution in [0.3, 0.4) is 0 Å². The lowest BCUT2D eigenvalue weighted by Crippen LogP contribution is -2.32. The molecule has 0 aliphatic carbocycles. The standard InChI is InChI=1S/C4H10B2N2OS2/c5-2(1-7)10-11-3(6)4(8)9/h2-4,9H,1,7-8H2. The third kappa shape index (κ3) is 5.93. The molecule has 5 N–H and O–H groups in total. The zero-order valence-corrected chi connectivity index (χ0v) is 7.65. The molecular formula is C4H10B2N2OS2. The molecule has 0 amide bonds. The second-order valence-electron chi connectivity index (χ2n) is 1.92. The third-order valence-corrected chi connectivity index (χ3v) is 3.65. The molecule has 0 aromatic rings. The summed E-state index contributed by atoms with van der Waals surface area (Å²) in [6.45, 7) is 0.380. The molecule has 4 radical (unpaired) electrons. The van der Waals surface area contributed by atoms with E-state index < -0.39 is 11.4 Å². The monoisotopic (exact) mass is 188 g/mol. The average molecular weight is 188 g/mol. The lowest BCUT2D eigenvalue weighted by molar-refractivity contribution is 0.199. The van der Waals surface area contributed by atoms with E-state index in [1.807, 2.05) is 0 Å². The highest BCUT2D eigenvalue weighted by Gasteiger charge is 2.10. The summed E-state index contributed by atoms with van der Waals surface area (Å²) in [5.74, 6) is 0. The summed E-state index contributed by atoms with van der Waals surface area (Å²) in [6.07, 6.45) is -1.02. The molecule has 7 heteroatoms. The number of aliphatic hydroxyl groups excluding tert-OH is 1. The van der Waals surface area contributed by atoms with E-state index in [9.17, 15) is 0 Å². The topological polar surface area (TPSA) is 72.3 Å². The number of rotatable bonds is 5. The van der Waals surface area contributed by atoms with Crippen LogP contribution < -0.4 is 11.5 Å². The molecule has 0 aromatic carbocycles. The smallest absolute Gasteiger partial charge is 0.107 e. The number of hydrogen-bond acceptors (Lipinski definition) is 5. The van der Waals surface area contributed by atoms with Crippen LogP contribution in [0.4, 0.5) is 0 Å². The minimum Gasteiger partial charge on any atom is -0.378 e. The SMILES string of the molecule is [B]C(CN)SSC([B])C(N)O. The fourth-order valence-electron chi connectivity index (χ4n) is 0.232. The molecule has 0 spiro atoms. The summed E-state index contributed by atoms with van der Waals surface area (Å²) in [4.78, 5) is 0. The quantitative estimate of drug-likeness (QED) is 0.281. The highest BCUT2D eigenvalue weighted by molar-refractivity contribution is 8.77. The van der Waals surface area contributed by atoms with E-state index in [2.05, 4.69) is 0 Å². The van der Waals surface area contributed by atoms with Gasteiger partial charge in [-0.1, -0.05) is 21.6 Å². The predicted octanol–water partition coefficient (Wildman–Crippen LogP) is -1.41. The zero-order chi connectivity index (χ0) is 8.85. The molecule has 0 aromatic heterocycles. The maximum Gasteiger partial charge on any atom is 0.107 e. The van der Waals surface area contributed by atoms with Gasteiger partial charge in [0.1, 0.15) is 6.23 Å². The van der Waals surface area contributed by atoms with E-state index in [0.29, 0.717) is 6.54 Å². The lowest BCUT2D eigenvalue weighted by Gasteiger charge is -2.15. The third-order valence-electron chi connectivity index (χ3n) is 0.859. The van der Waals surface area contributed by atoms with Gasteiger partial charge in [0, 0.05) is 5.15 Å². The van der Waals surface area contributed by atoms with Crippen molar-refractivity contribution in [3.05, 3.63) is 0 Å². The first kappa shape index (κ1) is 11.7. The van der Waals surface area contributed by atoms with Crippen molar-refractivity contribution >= 4 is 37.3 Å². The largest absolute Gasteiger partial charge is 0.378 e. The first-order valence-electron chi connectivity index (χ1n) is 3.05. The van der Waals surface area contributed by atoms with Crippen molar-refractivity contribution in [3.63, 3.8) is 0 Å². The summed E-state index contributed by atoms with van der Waals surface area (Å²) in [6, 6.07) is 0. The lowest BCUT2D eigenvalue weighted by atomic mass is 10.0. The van der Waals surface area contributed by atoms with Crippen LogP contribution in [0.5, 0.6) is 0 Å². The Morgan fingerprint density at radius 1 is 1.36 bits per heavy atom. The first-order chi connectivity index (χ1) is 5.07. The summed E-state index contributed by atoms with van der Waals surface area (Å²) in [5.41, 5.74) is 10.3. The molecule has 60 valence electrons. The van der Waals surface area contributed by atoms with Gasteiger partial charge in [-0.2, -0.15) is 0 Å². The van der Waals surface area contributed by atoms with Crippen LogP contribution in [0.2, 0.25) is 0 Å². The Balaban J connectivity index is 3.37. The van der Waals surface area contributed by atoms with Crippen molar-refractivity contribution in [2.24, 2.45) is 11.5 Å². The van der Waals surface area contributed by atoms with Crippen molar-refractivity contribution in [2.45, 2.75) is 16.5 Å². The van der Waals surface area contributed by atoms with Crippen LogP contribution in [-0.4, -0.2) is 43.9 Å². The van der Waals surface area contributed by atoms with Crippen molar-refractivity contribution in [3.8, 4) is 0 Å². The van der Waals surface area contributed by atoms with Crippen molar-refractivity contribution in [1.82, 2.24) is 0 Å². The second-order valence-corrected chi connectivity index (χ2v) is 4.61. The number of nitrogens with two attached hydrogens (primary N) is 2. The maximum absolute atomic E-state index is 8.75. The Morgan fingerprint density at radius 3 is 2.27 bits per heavy atom. The number of hydrogen-bond donors (Lipinski definition) is 3. The minimum atomic E-state index is -1.02. The van der Waals surface area contributed by atoms with Gasteiger partial charge in [0.15, 0.2) is 0 Å². The molecular weight excluding hydrogens is 178 g/mol. The van der Waals surface area contributed by atoms with Gasteiger partial charge in [-0.05, 0) is 11.7 Å². The predicted molar refractivity (Wildman–Crippen MR) is 53.5 cm³/mol. The van der Waals surface area contributed by atoms with E-state index in [1.165, 1.54) is 21.6 Å². The Morgan fingerprint density at radius 2 is 1.91 bits per heavy atom. The second kappa shape index (κ2) is 6.25. The summed E-state index contributed by atoms with van der Waals surface area (Å²) >= 11 is 0. The molecule has 0 saturated heterocycles. The summed E-state index contributed by atoms with van der Waals surface area (Å²) < 4.78 is 0. The molecule has 0 saturated carbocycles. The molecule has 0 bridgehead atoms. The molecule has 3 unspecified atom stereocenters. The van der Waals surface area contributed by atoms with Crippen LogP contribution in [0.15, 0.2) is 0 Å². The molecule has 0 aliphatic heterocycles. The Labute approximate surface area is 77.3 Å². The summed E-state index contributed by atoms with van der Waals surface area (Å²) in [7, 11) is 13.4. The first-order valence-corrected chi connectivity index (χ1v) is 5.32. The van der Waals surface area contributed by atoms with Crippen molar-refractivity contribution in [2.75, 3.05) is 6.54 Å².